The molecule has 0 aromatic heterocycles. The molecule has 1 aromatic rings. The summed E-state index contributed by atoms with van der Waals surface area (Å²) in [5, 5.41) is 0. The molecule has 0 radical (unpaired) electrons. The molecule has 0 saturated carbocycles. The standard InChI is InChI=1S/C13H18O4S/c1-4-9-16-10-12(3)17-18(14,15)13-7-5-11(2)6-8-13/h4-8,12H,1,9-10H2,2-3H3/t12-/m0/s1. The van der Waals surface area contributed by atoms with Crippen molar-refractivity contribution in [1.29, 1.82) is 0 Å². The van der Waals surface area contributed by atoms with Crippen LogP contribution >= 0.6 is 0 Å². The summed E-state index contributed by atoms with van der Waals surface area (Å²) < 4.78 is 33.9. The highest BCUT2D eigenvalue weighted by Gasteiger charge is 2.18. The zero-order valence-electron chi connectivity index (χ0n) is 10.6. The molecule has 1 rings (SSSR count). The van der Waals surface area contributed by atoms with Gasteiger partial charge in [0.15, 0.2) is 0 Å². The summed E-state index contributed by atoms with van der Waals surface area (Å²) in [6.45, 7) is 7.62. The summed E-state index contributed by atoms with van der Waals surface area (Å²) >= 11 is 0. The Bertz CT molecular complexity index is 476. The van der Waals surface area contributed by atoms with Gasteiger partial charge in [-0.25, -0.2) is 0 Å². The Morgan fingerprint density at radius 2 is 1.94 bits per heavy atom. The zero-order chi connectivity index (χ0) is 13.6. The number of ether oxygens (including phenoxy) is 1. The van der Waals surface area contributed by atoms with Gasteiger partial charge in [0.25, 0.3) is 10.1 Å². The van der Waals surface area contributed by atoms with Crippen molar-refractivity contribution in [1.82, 2.24) is 0 Å². The Labute approximate surface area is 108 Å². The molecular weight excluding hydrogens is 252 g/mol. The van der Waals surface area contributed by atoms with Crippen molar-refractivity contribution in [3.8, 4) is 0 Å². The highest BCUT2D eigenvalue weighted by Crippen LogP contribution is 2.15. The van der Waals surface area contributed by atoms with Crippen molar-refractivity contribution in [2.45, 2.75) is 24.8 Å². The van der Waals surface area contributed by atoms with Crippen LogP contribution in [0.1, 0.15) is 12.5 Å². The maximum atomic E-state index is 11.9. The van der Waals surface area contributed by atoms with Gasteiger partial charge in [0.1, 0.15) is 0 Å². The molecule has 0 spiro atoms. The molecule has 0 N–H and O–H groups in total. The second-order valence-corrected chi connectivity index (χ2v) is 5.57. The summed E-state index contributed by atoms with van der Waals surface area (Å²) in [7, 11) is -3.72. The second kappa shape index (κ2) is 6.68. The van der Waals surface area contributed by atoms with Gasteiger partial charge in [-0.15, -0.1) is 6.58 Å². The van der Waals surface area contributed by atoms with Gasteiger partial charge in [-0.05, 0) is 26.0 Å². The molecule has 0 unspecified atom stereocenters. The third kappa shape index (κ3) is 4.60. The maximum absolute atomic E-state index is 11.9. The first-order chi connectivity index (χ1) is 8.45. The molecule has 0 fully saturated rings. The van der Waals surface area contributed by atoms with Crippen LogP contribution in [0.3, 0.4) is 0 Å². The van der Waals surface area contributed by atoms with Crippen LogP contribution in [0.25, 0.3) is 0 Å². The van der Waals surface area contributed by atoms with Crippen LogP contribution in [0.4, 0.5) is 0 Å². The average molecular weight is 270 g/mol. The van der Waals surface area contributed by atoms with Gasteiger partial charge in [0.2, 0.25) is 0 Å². The first kappa shape index (κ1) is 14.9. The van der Waals surface area contributed by atoms with E-state index in [4.69, 9.17) is 8.92 Å². The van der Waals surface area contributed by atoms with E-state index < -0.39 is 16.2 Å². The monoisotopic (exact) mass is 270 g/mol. The Morgan fingerprint density at radius 3 is 2.50 bits per heavy atom. The van der Waals surface area contributed by atoms with Gasteiger partial charge in [-0.1, -0.05) is 23.8 Å². The highest BCUT2D eigenvalue weighted by molar-refractivity contribution is 7.86. The molecule has 0 aliphatic carbocycles. The van der Waals surface area contributed by atoms with Gasteiger partial charge in [-0.3, -0.25) is 4.18 Å². The van der Waals surface area contributed by atoms with Crippen LogP contribution in [0.15, 0.2) is 41.8 Å². The Hall–Kier alpha value is -1.17. The summed E-state index contributed by atoms with van der Waals surface area (Å²) in [5.41, 5.74) is 0.997. The van der Waals surface area contributed by atoms with Crippen molar-refractivity contribution < 1.29 is 17.3 Å². The number of aryl methyl sites for hydroxylation is 1. The zero-order valence-corrected chi connectivity index (χ0v) is 11.4. The van der Waals surface area contributed by atoms with E-state index in [0.717, 1.165) is 5.56 Å². The molecule has 0 aliphatic rings. The number of hydrogen-bond acceptors (Lipinski definition) is 4. The summed E-state index contributed by atoms with van der Waals surface area (Å²) in [5.74, 6) is 0. The lowest BCUT2D eigenvalue weighted by Crippen LogP contribution is -2.20. The van der Waals surface area contributed by atoms with Crippen molar-refractivity contribution in [3.05, 3.63) is 42.5 Å². The third-order valence-electron chi connectivity index (χ3n) is 2.19. The summed E-state index contributed by atoms with van der Waals surface area (Å²) in [6.07, 6.45) is 1.07. The molecule has 0 saturated heterocycles. The van der Waals surface area contributed by atoms with Crippen LogP contribution in [-0.4, -0.2) is 27.7 Å². The lowest BCUT2D eigenvalue weighted by molar-refractivity contribution is 0.0772. The molecule has 4 nitrogen and oxygen atoms in total. The Kier molecular flexibility index (Phi) is 5.53. The van der Waals surface area contributed by atoms with E-state index >= 15 is 0 Å². The van der Waals surface area contributed by atoms with Gasteiger partial charge < -0.3 is 4.74 Å². The van der Waals surface area contributed by atoms with Crippen molar-refractivity contribution >= 4 is 10.1 Å². The van der Waals surface area contributed by atoms with Gasteiger partial charge in [-0.2, -0.15) is 8.42 Å². The first-order valence-corrected chi connectivity index (χ1v) is 7.05. The van der Waals surface area contributed by atoms with E-state index in [2.05, 4.69) is 6.58 Å². The van der Waals surface area contributed by atoms with E-state index in [-0.39, 0.29) is 11.5 Å². The van der Waals surface area contributed by atoms with Crippen molar-refractivity contribution in [2.75, 3.05) is 13.2 Å². The fourth-order valence-electron chi connectivity index (χ4n) is 1.32. The first-order valence-electron chi connectivity index (χ1n) is 5.64. The summed E-state index contributed by atoms with van der Waals surface area (Å²) in [6, 6.07) is 6.52. The minimum Gasteiger partial charge on any atom is -0.375 e. The van der Waals surface area contributed by atoms with Crippen LogP contribution < -0.4 is 0 Å². The molecule has 5 heteroatoms. The van der Waals surface area contributed by atoms with E-state index in [1.807, 2.05) is 6.92 Å². The second-order valence-electron chi connectivity index (χ2n) is 4.00. The van der Waals surface area contributed by atoms with E-state index in [9.17, 15) is 8.42 Å². The van der Waals surface area contributed by atoms with Gasteiger partial charge in [0, 0.05) is 0 Å². The fourth-order valence-corrected chi connectivity index (χ4v) is 2.39. The molecule has 0 heterocycles. The number of rotatable bonds is 7. The van der Waals surface area contributed by atoms with Crippen LogP contribution in [0, 0.1) is 6.92 Å². The molecule has 0 amide bonds. The molecule has 1 aromatic carbocycles. The van der Waals surface area contributed by atoms with Gasteiger partial charge in [0.05, 0.1) is 24.2 Å². The minimum absolute atomic E-state index is 0.156. The number of benzene rings is 1. The van der Waals surface area contributed by atoms with Crippen LogP contribution in [0.2, 0.25) is 0 Å². The van der Waals surface area contributed by atoms with E-state index in [1.54, 1.807) is 25.1 Å². The quantitative estimate of drug-likeness (QED) is 0.433. The van der Waals surface area contributed by atoms with E-state index in [0.29, 0.717) is 6.61 Å². The molecule has 0 aliphatic heterocycles. The minimum atomic E-state index is -3.72. The lowest BCUT2D eigenvalue weighted by atomic mass is 10.2. The Balaban J connectivity index is 2.64. The summed E-state index contributed by atoms with van der Waals surface area (Å²) in [4.78, 5) is 0.156. The highest BCUT2D eigenvalue weighted by atomic mass is 32.2. The van der Waals surface area contributed by atoms with Crippen LogP contribution in [-0.2, 0) is 19.0 Å². The maximum Gasteiger partial charge on any atom is 0.297 e. The fraction of sp³-hybridized carbons (Fsp3) is 0.385. The Morgan fingerprint density at radius 1 is 1.33 bits per heavy atom. The topological polar surface area (TPSA) is 52.6 Å². The SMILES string of the molecule is C=CCOC[C@H](C)OS(=O)(=O)c1ccc(C)cc1. The van der Waals surface area contributed by atoms with Gasteiger partial charge >= 0.3 is 0 Å². The van der Waals surface area contributed by atoms with E-state index in [1.165, 1.54) is 12.1 Å². The molecular formula is C13H18O4S. The van der Waals surface area contributed by atoms with Crippen molar-refractivity contribution in [3.63, 3.8) is 0 Å². The van der Waals surface area contributed by atoms with Crippen LogP contribution in [0.5, 0.6) is 0 Å². The molecule has 18 heavy (non-hydrogen) atoms. The molecule has 100 valence electrons. The predicted molar refractivity (Wildman–Crippen MR) is 69.9 cm³/mol. The third-order valence-corrected chi connectivity index (χ3v) is 3.62. The normalized spacial score (nSPS) is 13.2. The number of hydrogen-bond donors (Lipinski definition) is 0. The predicted octanol–water partition coefficient (Wildman–Crippen LogP) is 2.29. The lowest BCUT2D eigenvalue weighted by Gasteiger charge is -2.12. The smallest absolute Gasteiger partial charge is 0.297 e. The molecule has 0 bridgehead atoms. The average Bonchev–Trinajstić information content (AvgIpc) is 2.29. The molecule has 1 atom stereocenters. The van der Waals surface area contributed by atoms with Crippen molar-refractivity contribution in [2.24, 2.45) is 0 Å². The largest absolute Gasteiger partial charge is 0.375 e.